The normalized spacial score (nSPS) is 12.3. The quantitative estimate of drug-likeness (QED) is 0.269. The number of carbonyl (C=O) groups excluding carboxylic acids is 1. The molecule has 0 aliphatic heterocycles. The van der Waals surface area contributed by atoms with Crippen LogP contribution in [0, 0.1) is 0 Å². The molecule has 0 spiro atoms. The highest BCUT2D eigenvalue weighted by Gasteiger charge is 2.43. The average molecular weight is 475 g/mol. The van der Waals surface area contributed by atoms with E-state index in [4.69, 9.17) is 13.7 Å². The Labute approximate surface area is 203 Å². The van der Waals surface area contributed by atoms with E-state index in [1.54, 1.807) is 13.2 Å². The molecule has 34 heavy (non-hydrogen) atoms. The first-order valence-electron chi connectivity index (χ1n) is 11.1. The van der Waals surface area contributed by atoms with Gasteiger partial charge in [0.2, 0.25) is 0 Å². The Balaban J connectivity index is 1.99. The first kappa shape index (κ1) is 23.7. The minimum atomic E-state index is -2.00. The van der Waals surface area contributed by atoms with Gasteiger partial charge in [-0.05, 0) is 78.9 Å². The van der Waals surface area contributed by atoms with Crippen LogP contribution >= 0.6 is 10.3 Å². The second-order valence-electron chi connectivity index (χ2n) is 8.90. The molecule has 0 amide bonds. The fourth-order valence-electron chi connectivity index (χ4n) is 4.21. The van der Waals surface area contributed by atoms with E-state index in [0.717, 1.165) is 26.3 Å². The van der Waals surface area contributed by atoms with Gasteiger partial charge in [-0.1, -0.05) is 48.5 Å². The minimum absolute atomic E-state index is 0.228. The lowest BCUT2D eigenvalue weighted by Gasteiger charge is -2.50. The second-order valence-corrected chi connectivity index (χ2v) is 12.3. The van der Waals surface area contributed by atoms with E-state index in [1.807, 2.05) is 36.4 Å². The van der Waals surface area contributed by atoms with Crippen LogP contribution in [0.15, 0.2) is 101 Å². The Kier molecular flexibility index (Phi) is 6.58. The molecule has 0 N–H and O–H groups in total. The summed E-state index contributed by atoms with van der Waals surface area (Å²) in [5.74, 6) is 0.754. The lowest BCUT2D eigenvalue weighted by atomic mass is 10.1. The number of esters is 1. The van der Waals surface area contributed by atoms with Gasteiger partial charge in [0.15, 0.2) is 0 Å². The molecule has 0 radical (unpaired) electrons. The summed E-state index contributed by atoms with van der Waals surface area (Å²) >= 11 is 0. The fraction of sp³-hybridized carbons (Fsp3) is 0.207. The van der Waals surface area contributed by atoms with Crippen molar-refractivity contribution in [2.75, 3.05) is 14.2 Å². The summed E-state index contributed by atoms with van der Waals surface area (Å²) in [5.41, 5.74) is 0.384. The van der Waals surface area contributed by atoms with Crippen LogP contribution in [0.25, 0.3) is 10.8 Å². The maximum atomic E-state index is 12.3. The Hall–Kier alpha value is -3.44. The summed E-state index contributed by atoms with van der Waals surface area (Å²) in [5, 5.41) is 1.75. The maximum Gasteiger partial charge on any atom is 0.341 e. The highest BCUT2D eigenvalue weighted by atomic mass is 32.3. The van der Waals surface area contributed by atoms with Crippen LogP contribution in [0.1, 0.15) is 31.1 Å². The van der Waals surface area contributed by atoms with Gasteiger partial charge in [0, 0.05) is 19.9 Å². The van der Waals surface area contributed by atoms with Gasteiger partial charge in [0.05, 0.1) is 14.2 Å². The van der Waals surface area contributed by atoms with E-state index in [9.17, 15) is 4.79 Å². The van der Waals surface area contributed by atoms with Gasteiger partial charge in [0.25, 0.3) is 0 Å². The Morgan fingerprint density at radius 2 is 1.32 bits per heavy atom. The molecule has 4 rings (SSSR count). The smallest absolute Gasteiger partial charge is 0.341 e. The standard InChI is InChI=1S/C29H30O4S/c1-29(2,3)34(22-14-8-6-9-15-22,23-16-10-7-11-17-23)33-26-18-12-13-21-19-25(28(30)32-5)27(31-4)20-24(21)26/h6-20H,1-5H3. The number of hydrogen-bond acceptors (Lipinski definition) is 4. The summed E-state index contributed by atoms with van der Waals surface area (Å²) in [6.45, 7) is 6.68. The lowest BCUT2D eigenvalue weighted by Crippen LogP contribution is -2.30. The van der Waals surface area contributed by atoms with Crippen LogP contribution in [-0.4, -0.2) is 24.9 Å². The molecule has 0 saturated carbocycles. The van der Waals surface area contributed by atoms with Gasteiger partial charge in [-0.2, -0.15) is 0 Å². The highest BCUT2D eigenvalue weighted by Crippen LogP contribution is 2.70. The summed E-state index contributed by atoms with van der Waals surface area (Å²) in [6, 6.07) is 30.4. The van der Waals surface area contributed by atoms with Crippen LogP contribution < -0.4 is 8.92 Å². The van der Waals surface area contributed by atoms with Gasteiger partial charge < -0.3 is 13.7 Å². The van der Waals surface area contributed by atoms with Crippen LogP contribution in [0.3, 0.4) is 0 Å². The molecular formula is C29H30O4S. The Morgan fingerprint density at radius 1 is 0.735 bits per heavy atom. The van der Waals surface area contributed by atoms with E-state index < -0.39 is 16.3 Å². The first-order chi connectivity index (χ1) is 16.3. The molecule has 0 fully saturated rings. The predicted molar refractivity (Wildman–Crippen MR) is 139 cm³/mol. The molecule has 176 valence electrons. The number of benzene rings is 4. The van der Waals surface area contributed by atoms with Crippen molar-refractivity contribution in [1.82, 2.24) is 0 Å². The largest absolute Gasteiger partial charge is 0.496 e. The molecule has 0 unspecified atom stereocenters. The van der Waals surface area contributed by atoms with Crippen molar-refractivity contribution < 1.29 is 18.5 Å². The maximum absolute atomic E-state index is 12.3. The van der Waals surface area contributed by atoms with Crippen LogP contribution in [0.4, 0.5) is 0 Å². The SMILES string of the molecule is COC(=O)c1cc2cccc(OS(c3ccccc3)(c3ccccc3)C(C)(C)C)c2cc1OC. The minimum Gasteiger partial charge on any atom is -0.496 e. The number of hydrogen-bond donors (Lipinski definition) is 0. The summed E-state index contributed by atoms with van der Waals surface area (Å²) < 4.78 is 17.5. The third-order valence-corrected chi connectivity index (χ3v) is 9.82. The molecule has 0 aliphatic carbocycles. The van der Waals surface area contributed by atoms with Crippen molar-refractivity contribution in [3.05, 3.63) is 96.6 Å². The molecule has 0 heterocycles. The highest BCUT2D eigenvalue weighted by molar-refractivity contribution is 8.31. The molecule has 0 aromatic heterocycles. The zero-order valence-electron chi connectivity index (χ0n) is 20.2. The van der Waals surface area contributed by atoms with Crippen molar-refractivity contribution in [2.45, 2.75) is 35.3 Å². The molecule has 0 saturated heterocycles. The van der Waals surface area contributed by atoms with Gasteiger partial charge in [-0.25, -0.2) is 4.79 Å². The van der Waals surface area contributed by atoms with Crippen LogP contribution in [0.2, 0.25) is 0 Å². The van der Waals surface area contributed by atoms with Gasteiger partial charge >= 0.3 is 5.97 Å². The van der Waals surface area contributed by atoms with Crippen LogP contribution in [-0.2, 0) is 4.74 Å². The zero-order valence-corrected chi connectivity index (χ0v) is 21.0. The summed E-state index contributed by atoms with van der Waals surface area (Å²) in [7, 11) is 0.921. The third kappa shape index (κ3) is 4.12. The molecule has 0 aliphatic rings. The van der Waals surface area contributed by atoms with Gasteiger partial charge in [-0.15, -0.1) is 0 Å². The van der Waals surface area contributed by atoms with E-state index in [0.29, 0.717) is 11.3 Å². The lowest BCUT2D eigenvalue weighted by molar-refractivity contribution is 0.0597. The van der Waals surface area contributed by atoms with Crippen molar-refractivity contribution in [2.24, 2.45) is 0 Å². The van der Waals surface area contributed by atoms with E-state index >= 15 is 0 Å². The number of fused-ring (bicyclic) bond motifs is 1. The Bertz CT molecular complexity index is 1260. The van der Waals surface area contributed by atoms with Gasteiger partial charge in [-0.3, -0.25) is 0 Å². The number of ether oxygens (including phenoxy) is 2. The predicted octanol–water partition coefficient (Wildman–Crippen LogP) is 7.65. The zero-order chi connectivity index (χ0) is 24.3. The second kappa shape index (κ2) is 9.43. The third-order valence-electron chi connectivity index (χ3n) is 5.79. The van der Waals surface area contributed by atoms with E-state index in [2.05, 4.69) is 69.3 Å². The number of methoxy groups -OCH3 is 2. The number of carbonyl (C=O) groups is 1. The summed E-state index contributed by atoms with van der Waals surface area (Å²) in [4.78, 5) is 14.6. The van der Waals surface area contributed by atoms with E-state index in [-0.39, 0.29) is 4.75 Å². The monoisotopic (exact) mass is 474 g/mol. The molecule has 4 aromatic carbocycles. The molecule has 4 nitrogen and oxygen atoms in total. The molecule has 0 atom stereocenters. The van der Waals surface area contributed by atoms with Crippen molar-refractivity contribution in [1.29, 1.82) is 0 Å². The van der Waals surface area contributed by atoms with Crippen molar-refractivity contribution in [3.63, 3.8) is 0 Å². The molecule has 5 heteroatoms. The molecule has 4 aromatic rings. The molecular weight excluding hydrogens is 444 g/mol. The topological polar surface area (TPSA) is 44.8 Å². The molecule has 0 bridgehead atoms. The van der Waals surface area contributed by atoms with Crippen molar-refractivity contribution >= 4 is 27.1 Å². The Morgan fingerprint density at radius 3 is 1.82 bits per heavy atom. The first-order valence-corrected chi connectivity index (χ1v) is 12.7. The number of rotatable bonds is 6. The summed E-state index contributed by atoms with van der Waals surface area (Å²) in [6.07, 6.45) is 0. The fourth-order valence-corrected chi connectivity index (χ4v) is 7.84. The average Bonchev–Trinajstić information content (AvgIpc) is 2.86. The van der Waals surface area contributed by atoms with Gasteiger partial charge in [0.1, 0.15) is 17.1 Å². The van der Waals surface area contributed by atoms with E-state index in [1.165, 1.54) is 7.11 Å². The van der Waals surface area contributed by atoms with Crippen molar-refractivity contribution in [3.8, 4) is 11.5 Å². The van der Waals surface area contributed by atoms with Crippen LogP contribution in [0.5, 0.6) is 11.5 Å².